The first-order valence-electron chi connectivity index (χ1n) is 12.2. The number of hydrogen-bond donors (Lipinski definition) is 1. The number of aliphatic carboxylic acids is 1. The van der Waals surface area contributed by atoms with Gasteiger partial charge in [0.25, 0.3) is 0 Å². The van der Waals surface area contributed by atoms with Gasteiger partial charge in [-0.25, -0.2) is 4.39 Å². The number of nitrogens with zero attached hydrogens (tertiary/aromatic N) is 2. The molecule has 35 heavy (non-hydrogen) atoms. The van der Waals surface area contributed by atoms with Crippen LogP contribution in [0.25, 0.3) is 10.9 Å². The van der Waals surface area contributed by atoms with Crippen LogP contribution < -0.4 is 4.74 Å². The van der Waals surface area contributed by atoms with Gasteiger partial charge < -0.3 is 9.84 Å². The number of piperidine rings is 1. The van der Waals surface area contributed by atoms with Crippen LogP contribution >= 0.6 is 11.6 Å². The fourth-order valence-corrected chi connectivity index (χ4v) is 5.69. The minimum atomic E-state index is -0.781. The maximum atomic E-state index is 14.4. The van der Waals surface area contributed by atoms with Gasteiger partial charge >= 0.3 is 5.97 Å². The SMILES string of the molecule is CCC(c1ccccc1F)N1CCC(CCCc2c(Cl)cnc3ccc(OC)cc23)(C(=O)O)CC1. The van der Waals surface area contributed by atoms with Crippen LogP contribution in [0.4, 0.5) is 4.39 Å². The lowest BCUT2D eigenvalue weighted by Gasteiger charge is -2.42. The van der Waals surface area contributed by atoms with E-state index in [2.05, 4.69) is 9.88 Å². The molecule has 1 unspecified atom stereocenters. The van der Waals surface area contributed by atoms with Crippen molar-refractivity contribution in [1.82, 2.24) is 9.88 Å². The molecule has 1 aliphatic rings. The number of aryl methyl sites for hydroxylation is 1. The quantitative estimate of drug-likeness (QED) is 0.356. The molecule has 2 heterocycles. The van der Waals surface area contributed by atoms with Crippen LogP contribution in [0.5, 0.6) is 5.75 Å². The van der Waals surface area contributed by atoms with E-state index in [1.54, 1.807) is 19.4 Å². The number of carboxylic acid groups (broad SMARTS) is 1. The van der Waals surface area contributed by atoms with Crippen LogP contribution in [0.15, 0.2) is 48.7 Å². The number of rotatable bonds is 9. The highest BCUT2D eigenvalue weighted by molar-refractivity contribution is 6.32. The van der Waals surface area contributed by atoms with Gasteiger partial charge in [-0.2, -0.15) is 0 Å². The summed E-state index contributed by atoms with van der Waals surface area (Å²) in [6, 6.07) is 12.5. The predicted molar refractivity (Wildman–Crippen MR) is 137 cm³/mol. The molecule has 0 spiro atoms. The van der Waals surface area contributed by atoms with E-state index >= 15 is 0 Å². The van der Waals surface area contributed by atoms with Gasteiger partial charge in [0.15, 0.2) is 0 Å². The summed E-state index contributed by atoms with van der Waals surface area (Å²) in [5, 5.41) is 11.7. The van der Waals surface area contributed by atoms with E-state index in [9.17, 15) is 14.3 Å². The van der Waals surface area contributed by atoms with Gasteiger partial charge in [-0.3, -0.25) is 14.7 Å². The van der Waals surface area contributed by atoms with Gasteiger partial charge in [0.1, 0.15) is 11.6 Å². The second-order valence-electron chi connectivity index (χ2n) is 9.39. The zero-order valence-electron chi connectivity index (χ0n) is 20.3. The molecule has 1 atom stereocenters. The summed E-state index contributed by atoms with van der Waals surface area (Å²) in [6.07, 6.45) is 5.46. The highest BCUT2D eigenvalue weighted by atomic mass is 35.5. The van der Waals surface area contributed by atoms with Crippen molar-refractivity contribution in [1.29, 1.82) is 0 Å². The Labute approximate surface area is 210 Å². The van der Waals surface area contributed by atoms with E-state index in [0.717, 1.165) is 28.6 Å². The van der Waals surface area contributed by atoms with Gasteiger partial charge in [-0.05, 0) is 81.4 Å². The van der Waals surface area contributed by atoms with Crippen molar-refractivity contribution in [2.75, 3.05) is 20.2 Å². The smallest absolute Gasteiger partial charge is 0.309 e. The molecule has 1 N–H and O–H groups in total. The lowest BCUT2D eigenvalue weighted by atomic mass is 9.74. The van der Waals surface area contributed by atoms with Gasteiger partial charge in [-0.15, -0.1) is 0 Å². The van der Waals surface area contributed by atoms with Crippen LogP contribution in [0, 0.1) is 11.2 Å². The number of pyridine rings is 1. The average Bonchev–Trinajstić information content (AvgIpc) is 2.87. The molecule has 1 aromatic heterocycles. The number of aromatic nitrogens is 1. The van der Waals surface area contributed by atoms with Crippen LogP contribution in [0.2, 0.25) is 5.02 Å². The number of halogens is 2. The van der Waals surface area contributed by atoms with Crippen molar-refractivity contribution < 1.29 is 19.0 Å². The van der Waals surface area contributed by atoms with Crippen LogP contribution in [-0.2, 0) is 11.2 Å². The van der Waals surface area contributed by atoms with Crippen molar-refractivity contribution in [3.63, 3.8) is 0 Å². The summed E-state index contributed by atoms with van der Waals surface area (Å²) >= 11 is 6.50. The van der Waals surface area contributed by atoms with Crippen molar-refractivity contribution in [2.45, 2.75) is 51.5 Å². The Morgan fingerprint density at radius 1 is 1.26 bits per heavy atom. The third kappa shape index (κ3) is 5.29. The first-order valence-corrected chi connectivity index (χ1v) is 12.6. The molecular formula is C28H32ClFN2O3. The first kappa shape index (κ1) is 25.4. The van der Waals surface area contributed by atoms with E-state index in [1.807, 2.05) is 37.3 Å². The van der Waals surface area contributed by atoms with Gasteiger partial charge in [0.05, 0.1) is 23.1 Å². The molecule has 1 fully saturated rings. The number of fused-ring (bicyclic) bond motifs is 1. The number of hydrogen-bond acceptors (Lipinski definition) is 4. The fourth-order valence-electron chi connectivity index (χ4n) is 5.44. The second-order valence-corrected chi connectivity index (χ2v) is 9.80. The molecule has 5 nitrogen and oxygen atoms in total. The van der Waals surface area contributed by atoms with E-state index in [-0.39, 0.29) is 11.9 Å². The summed E-state index contributed by atoms with van der Waals surface area (Å²) in [7, 11) is 1.62. The number of benzene rings is 2. The normalized spacial score (nSPS) is 16.8. The molecule has 186 valence electrons. The monoisotopic (exact) mass is 498 g/mol. The molecule has 0 amide bonds. The summed E-state index contributed by atoms with van der Waals surface area (Å²) in [4.78, 5) is 19.1. The molecule has 0 bridgehead atoms. The van der Waals surface area contributed by atoms with Crippen LogP contribution in [0.1, 0.15) is 56.2 Å². The zero-order valence-corrected chi connectivity index (χ0v) is 21.0. The molecule has 7 heteroatoms. The Balaban J connectivity index is 1.46. The first-order chi connectivity index (χ1) is 16.9. The zero-order chi connectivity index (χ0) is 25.0. The molecule has 0 radical (unpaired) electrons. The van der Waals surface area contributed by atoms with E-state index in [1.165, 1.54) is 6.07 Å². The molecule has 0 saturated carbocycles. The van der Waals surface area contributed by atoms with Gasteiger partial charge in [0, 0.05) is 23.2 Å². The minimum Gasteiger partial charge on any atom is -0.497 e. The largest absolute Gasteiger partial charge is 0.497 e. The average molecular weight is 499 g/mol. The molecule has 3 aromatic rings. The Morgan fingerprint density at radius 3 is 2.66 bits per heavy atom. The molecule has 1 saturated heterocycles. The van der Waals surface area contributed by atoms with Crippen LogP contribution in [0.3, 0.4) is 0 Å². The molecule has 0 aliphatic carbocycles. The Hall–Kier alpha value is -2.70. The lowest BCUT2D eigenvalue weighted by Crippen LogP contribution is -2.45. The van der Waals surface area contributed by atoms with Crippen LogP contribution in [-0.4, -0.2) is 41.2 Å². The number of likely N-dealkylation sites (tertiary alicyclic amines) is 1. The third-order valence-electron chi connectivity index (χ3n) is 7.52. The minimum absolute atomic E-state index is 0.0417. The maximum absolute atomic E-state index is 14.4. The number of methoxy groups -OCH3 is 1. The number of ether oxygens (including phenoxy) is 1. The van der Waals surface area contributed by atoms with Crippen molar-refractivity contribution in [3.05, 3.63) is 70.6 Å². The highest BCUT2D eigenvalue weighted by Gasteiger charge is 2.42. The Bertz CT molecular complexity index is 1190. The standard InChI is InChI=1S/C28H32ClFN2O3/c1-3-26(21-7-4-5-9-24(21)30)32-15-13-28(14-16-32,27(33)34)12-6-8-20-22-17-19(35-2)10-11-25(22)31-18-23(20)29/h4-5,7,9-11,17-18,26H,3,6,8,12-16H2,1-2H3,(H,33,34). The second kappa shape index (κ2) is 10.9. The van der Waals surface area contributed by atoms with E-state index in [0.29, 0.717) is 55.8 Å². The predicted octanol–water partition coefficient (Wildman–Crippen LogP) is 6.68. The summed E-state index contributed by atoms with van der Waals surface area (Å²) in [6.45, 7) is 3.32. The van der Waals surface area contributed by atoms with Gasteiger partial charge in [0.2, 0.25) is 0 Å². The van der Waals surface area contributed by atoms with E-state index in [4.69, 9.17) is 16.3 Å². The summed E-state index contributed by atoms with van der Waals surface area (Å²) in [5.41, 5.74) is 1.72. The summed E-state index contributed by atoms with van der Waals surface area (Å²) < 4.78 is 19.8. The molecular weight excluding hydrogens is 467 g/mol. The lowest BCUT2D eigenvalue weighted by molar-refractivity contribution is -0.153. The third-order valence-corrected chi connectivity index (χ3v) is 7.84. The highest BCUT2D eigenvalue weighted by Crippen LogP contribution is 2.41. The molecule has 1 aliphatic heterocycles. The van der Waals surface area contributed by atoms with Crippen molar-refractivity contribution in [2.24, 2.45) is 5.41 Å². The van der Waals surface area contributed by atoms with Crippen molar-refractivity contribution in [3.8, 4) is 5.75 Å². The van der Waals surface area contributed by atoms with E-state index < -0.39 is 11.4 Å². The number of carbonyl (C=O) groups is 1. The topological polar surface area (TPSA) is 62.7 Å². The Morgan fingerprint density at radius 2 is 2.00 bits per heavy atom. The summed E-state index contributed by atoms with van der Waals surface area (Å²) in [5.74, 6) is -0.214. The maximum Gasteiger partial charge on any atom is 0.309 e. The fraction of sp³-hybridized carbons (Fsp3) is 0.429. The van der Waals surface area contributed by atoms with Crippen molar-refractivity contribution >= 4 is 28.5 Å². The molecule has 4 rings (SSSR count). The number of carboxylic acids is 1. The molecule has 2 aromatic carbocycles. The van der Waals surface area contributed by atoms with Gasteiger partial charge in [-0.1, -0.05) is 36.7 Å². The Kier molecular flexibility index (Phi) is 7.92.